The average molecular weight is 123 g/mol. The van der Waals surface area contributed by atoms with Gasteiger partial charge >= 0.3 is 0 Å². The second-order valence-corrected chi connectivity index (χ2v) is 2.01. The van der Waals surface area contributed by atoms with Gasteiger partial charge in [0.25, 0.3) is 0 Å². The van der Waals surface area contributed by atoms with Crippen LogP contribution in [0.25, 0.3) is 6.20 Å². The van der Waals surface area contributed by atoms with Gasteiger partial charge in [0.2, 0.25) is 6.33 Å². The van der Waals surface area contributed by atoms with Crippen LogP contribution in [0.4, 0.5) is 0 Å². The molecule has 0 aliphatic carbocycles. The predicted octanol–water partition coefficient (Wildman–Crippen LogP) is 0.803. The fraction of sp³-hybridized carbons (Fsp3) is 0.286. The molecular weight excluding hydrogens is 112 g/mol. The molecular formula is C7H11N2+. The lowest BCUT2D eigenvalue weighted by Gasteiger charge is -1.77. The van der Waals surface area contributed by atoms with E-state index in [-0.39, 0.29) is 0 Å². The molecule has 9 heavy (non-hydrogen) atoms. The Morgan fingerprint density at radius 3 is 2.78 bits per heavy atom. The van der Waals surface area contributed by atoms with Gasteiger partial charge in [-0.3, -0.25) is 0 Å². The van der Waals surface area contributed by atoms with Crippen molar-refractivity contribution in [1.29, 1.82) is 0 Å². The zero-order valence-electron chi connectivity index (χ0n) is 5.78. The highest BCUT2D eigenvalue weighted by Crippen LogP contribution is 1.76. The molecule has 0 aromatic carbocycles. The Labute approximate surface area is 55.1 Å². The van der Waals surface area contributed by atoms with Crippen LogP contribution in [0.15, 0.2) is 24.8 Å². The lowest BCUT2D eigenvalue weighted by atomic mass is 10.7. The lowest BCUT2D eigenvalue weighted by molar-refractivity contribution is -0.567. The van der Waals surface area contributed by atoms with Crippen LogP contribution < -0.4 is 4.57 Å². The van der Waals surface area contributed by atoms with E-state index in [4.69, 9.17) is 0 Å². The summed E-state index contributed by atoms with van der Waals surface area (Å²) in [6.45, 7) is 2.00. The van der Waals surface area contributed by atoms with Crippen molar-refractivity contribution in [3.63, 3.8) is 0 Å². The lowest BCUT2D eigenvalue weighted by Crippen LogP contribution is -2.21. The molecule has 1 rings (SSSR count). The minimum atomic E-state index is 2.00. The third-order valence-electron chi connectivity index (χ3n) is 1.11. The Morgan fingerprint density at radius 1 is 1.56 bits per heavy atom. The Bertz CT molecular complexity index is 210. The molecule has 48 valence electrons. The van der Waals surface area contributed by atoms with Crippen molar-refractivity contribution in [1.82, 2.24) is 4.57 Å². The number of hydrogen-bond donors (Lipinski definition) is 0. The Morgan fingerprint density at radius 2 is 2.33 bits per heavy atom. The van der Waals surface area contributed by atoms with Gasteiger partial charge < -0.3 is 0 Å². The van der Waals surface area contributed by atoms with Crippen molar-refractivity contribution in [2.75, 3.05) is 0 Å². The summed E-state index contributed by atoms with van der Waals surface area (Å²) >= 11 is 0. The van der Waals surface area contributed by atoms with E-state index in [1.54, 1.807) is 0 Å². The minimum absolute atomic E-state index is 2.00. The first-order chi connectivity index (χ1) is 4.33. The highest BCUT2D eigenvalue weighted by atomic mass is 15.1. The van der Waals surface area contributed by atoms with Gasteiger partial charge in [-0.1, -0.05) is 0 Å². The van der Waals surface area contributed by atoms with Gasteiger partial charge in [0, 0.05) is 0 Å². The third-order valence-corrected chi connectivity index (χ3v) is 1.11. The van der Waals surface area contributed by atoms with E-state index in [2.05, 4.69) is 0 Å². The van der Waals surface area contributed by atoms with E-state index in [0.717, 1.165) is 0 Å². The van der Waals surface area contributed by atoms with Gasteiger partial charge in [0.15, 0.2) is 0 Å². The van der Waals surface area contributed by atoms with Gasteiger partial charge in [-0.05, 0) is 13.0 Å². The first kappa shape index (κ1) is 6.08. The van der Waals surface area contributed by atoms with Crippen LogP contribution in [0.3, 0.4) is 0 Å². The standard InChI is InChI=1S/C7H11N2/c1-3-4-9-6-5-8(2)7-9/h3-7H,1-2H3/q+1. The quantitative estimate of drug-likeness (QED) is 0.488. The number of nitrogens with zero attached hydrogens (tertiary/aromatic N) is 2. The zero-order chi connectivity index (χ0) is 6.69. The normalized spacial score (nSPS) is 10.9. The molecule has 0 aliphatic rings. The van der Waals surface area contributed by atoms with Crippen LogP contribution in [-0.2, 0) is 7.05 Å². The fourth-order valence-electron chi connectivity index (χ4n) is 0.730. The molecule has 0 saturated carbocycles. The van der Waals surface area contributed by atoms with E-state index in [9.17, 15) is 0 Å². The molecule has 0 bridgehead atoms. The van der Waals surface area contributed by atoms with Crippen LogP contribution in [-0.4, -0.2) is 4.57 Å². The van der Waals surface area contributed by atoms with Crippen molar-refractivity contribution < 1.29 is 4.57 Å². The van der Waals surface area contributed by atoms with Crippen molar-refractivity contribution >= 4 is 6.20 Å². The van der Waals surface area contributed by atoms with Crippen LogP contribution in [0.1, 0.15) is 6.92 Å². The van der Waals surface area contributed by atoms with Gasteiger partial charge in [-0.2, -0.15) is 0 Å². The van der Waals surface area contributed by atoms with Crippen molar-refractivity contribution in [2.45, 2.75) is 6.92 Å². The summed E-state index contributed by atoms with van der Waals surface area (Å²) < 4.78 is 4.00. The van der Waals surface area contributed by atoms with Gasteiger partial charge in [-0.25, -0.2) is 9.13 Å². The molecule has 0 aliphatic heterocycles. The van der Waals surface area contributed by atoms with Crippen molar-refractivity contribution in [3.8, 4) is 0 Å². The largest absolute Gasteiger partial charge is 0.248 e. The molecule has 0 saturated heterocycles. The molecule has 0 N–H and O–H groups in total. The number of rotatable bonds is 1. The summed E-state index contributed by atoms with van der Waals surface area (Å²) in [5, 5.41) is 0. The van der Waals surface area contributed by atoms with Crippen molar-refractivity contribution in [2.24, 2.45) is 7.05 Å². The first-order valence-corrected chi connectivity index (χ1v) is 2.98. The Kier molecular flexibility index (Phi) is 1.68. The molecule has 0 atom stereocenters. The summed E-state index contributed by atoms with van der Waals surface area (Å²) in [5.74, 6) is 0. The molecule has 1 heterocycles. The maximum absolute atomic E-state index is 2.00. The summed E-state index contributed by atoms with van der Waals surface area (Å²) in [6, 6.07) is 0. The van der Waals surface area contributed by atoms with Crippen LogP contribution in [0.5, 0.6) is 0 Å². The highest BCUT2D eigenvalue weighted by molar-refractivity contribution is 5.02. The van der Waals surface area contributed by atoms with E-state index < -0.39 is 0 Å². The number of aromatic nitrogens is 2. The number of hydrogen-bond acceptors (Lipinski definition) is 0. The maximum Gasteiger partial charge on any atom is 0.248 e. The summed E-state index contributed by atoms with van der Waals surface area (Å²) in [6.07, 6.45) is 10.0. The zero-order valence-corrected chi connectivity index (χ0v) is 5.78. The summed E-state index contributed by atoms with van der Waals surface area (Å²) in [4.78, 5) is 0. The molecule has 2 heteroatoms. The fourth-order valence-corrected chi connectivity index (χ4v) is 0.730. The molecule has 2 nitrogen and oxygen atoms in total. The van der Waals surface area contributed by atoms with Gasteiger partial charge in [-0.15, -0.1) is 0 Å². The second kappa shape index (κ2) is 2.49. The highest BCUT2D eigenvalue weighted by Gasteiger charge is 1.91. The summed E-state index contributed by atoms with van der Waals surface area (Å²) in [5.41, 5.74) is 0. The average Bonchev–Trinajstić information content (AvgIpc) is 2.17. The molecule has 1 aromatic rings. The first-order valence-electron chi connectivity index (χ1n) is 2.98. The number of allylic oxidation sites excluding steroid dienone is 1. The SMILES string of the molecule is CC=C[n+]1ccn(C)c1. The predicted molar refractivity (Wildman–Crippen MR) is 36.6 cm³/mol. The van der Waals surface area contributed by atoms with E-state index in [0.29, 0.717) is 0 Å². The van der Waals surface area contributed by atoms with Crippen LogP contribution in [0.2, 0.25) is 0 Å². The molecule has 0 radical (unpaired) electrons. The van der Waals surface area contributed by atoms with Crippen molar-refractivity contribution in [3.05, 3.63) is 24.8 Å². The van der Waals surface area contributed by atoms with Crippen LogP contribution in [0, 0.1) is 0 Å². The third kappa shape index (κ3) is 1.42. The number of imidazole rings is 1. The maximum atomic E-state index is 2.00. The minimum Gasteiger partial charge on any atom is -0.239 e. The van der Waals surface area contributed by atoms with E-state index >= 15 is 0 Å². The van der Waals surface area contributed by atoms with E-state index in [1.807, 2.05) is 54.1 Å². The molecule has 0 fully saturated rings. The monoisotopic (exact) mass is 123 g/mol. The molecule has 0 unspecified atom stereocenters. The van der Waals surface area contributed by atoms with Gasteiger partial charge in [0.1, 0.15) is 12.4 Å². The molecule has 0 spiro atoms. The summed E-state index contributed by atoms with van der Waals surface area (Å²) in [7, 11) is 2.00. The topological polar surface area (TPSA) is 8.81 Å². The smallest absolute Gasteiger partial charge is 0.239 e. The van der Waals surface area contributed by atoms with Gasteiger partial charge in [0.05, 0.1) is 13.2 Å². The number of aryl methyl sites for hydroxylation is 1. The van der Waals surface area contributed by atoms with Crippen LogP contribution >= 0.6 is 0 Å². The second-order valence-electron chi connectivity index (χ2n) is 2.01. The molecule has 1 aromatic heterocycles. The Balaban J connectivity index is 2.85. The molecule has 0 amide bonds. The van der Waals surface area contributed by atoms with E-state index in [1.165, 1.54) is 0 Å². The Hall–Kier alpha value is -1.05.